The number of rotatable bonds is 69. The van der Waals surface area contributed by atoms with Gasteiger partial charge in [0, 0.05) is 12.8 Å². The van der Waals surface area contributed by atoms with Crippen LogP contribution in [0.3, 0.4) is 0 Å². The quantitative estimate of drug-likeness (QED) is 0.0320. The minimum atomic E-state index is -0.840. The molecule has 0 saturated carbocycles. The lowest BCUT2D eigenvalue weighted by Gasteiger charge is -2.20. The van der Waals surface area contributed by atoms with E-state index in [4.69, 9.17) is 4.74 Å². The monoisotopic (exact) mass is 1130 g/mol. The number of unbranched alkanes of at least 4 members (excludes halogenated alkanes) is 56. The first kappa shape index (κ1) is 78.3. The second-order valence-corrected chi connectivity index (χ2v) is 25.3. The van der Waals surface area contributed by atoms with Crippen molar-refractivity contribution in [3.8, 4) is 0 Å². The molecular weight excluding hydrogens is 983 g/mol. The van der Waals surface area contributed by atoms with E-state index < -0.39 is 12.1 Å². The molecule has 0 rings (SSSR count). The van der Waals surface area contributed by atoms with E-state index in [1.165, 1.54) is 340 Å². The van der Waals surface area contributed by atoms with Gasteiger partial charge < -0.3 is 20.3 Å². The summed E-state index contributed by atoms with van der Waals surface area (Å²) >= 11 is 0. The Hall–Kier alpha value is -1.66. The number of aliphatic hydroxyl groups is 2. The topological polar surface area (TPSA) is 95.9 Å². The molecule has 474 valence electrons. The molecule has 0 aromatic heterocycles. The molecule has 0 fully saturated rings. The van der Waals surface area contributed by atoms with E-state index in [0.717, 1.165) is 44.9 Å². The van der Waals surface area contributed by atoms with Crippen LogP contribution in [0.1, 0.15) is 412 Å². The Morgan fingerprint density at radius 3 is 0.887 bits per heavy atom. The maximum atomic E-state index is 12.5. The van der Waals surface area contributed by atoms with Gasteiger partial charge in [0.05, 0.1) is 25.4 Å². The number of carbonyl (C=O) groups excluding carboxylic acids is 2. The van der Waals surface area contributed by atoms with Crippen molar-refractivity contribution in [3.63, 3.8) is 0 Å². The molecule has 6 nitrogen and oxygen atoms in total. The normalized spacial score (nSPS) is 12.6. The number of hydrogen-bond donors (Lipinski definition) is 3. The molecule has 0 aliphatic rings. The number of carbonyl (C=O) groups is 2. The number of ether oxygens (including phenoxy) is 1. The fourth-order valence-corrected chi connectivity index (χ4v) is 11.6. The van der Waals surface area contributed by atoms with Gasteiger partial charge in [-0.3, -0.25) is 9.59 Å². The minimum Gasteiger partial charge on any atom is -0.466 e. The van der Waals surface area contributed by atoms with Crippen LogP contribution in [0.4, 0.5) is 0 Å². The summed E-state index contributed by atoms with van der Waals surface area (Å²) in [4.78, 5) is 24.5. The van der Waals surface area contributed by atoms with Crippen LogP contribution in [0.5, 0.6) is 0 Å². The van der Waals surface area contributed by atoms with E-state index in [1.807, 2.05) is 6.08 Å². The highest BCUT2D eigenvalue weighted by Gasteiger charge is 2.18. The first-order valence-electron chi connectivity index (χ1n) is 36.6. The van der Waals surface area contributed by atoms with Crippen molar-refractivity contribution in [1.82, 2.24) is 5.32 Å². The Labute approximate surface area is 501 Å². The predicted molar refractivity (Wildman–Crippen MR) is 352 cm³/mol. The predicted octanol–water partition coefficient (Wildman–Crippen LogP) is 23.7. The Kier molecular flexibility index (Phi) is 68.4. The highest BCUT2D eigenvalue weighted by atomic mass is 16.5. The molecule has 0 spiro atoms. The van der Waals surface area contributed by atoms with Gasteiger partial charge in [-0.1, -0.05) is 366 Å². The van der Waals surface area contributed by atoms with Crippen LogP contribution in [0.25, 0.3) is 0 Å². The molecule has 0 aliphatic carbocycles. The van der Waals surface area contributed by atoms with Crippen molar-refractivity contribution in [1.29, 1.82) is 0 Å². The number of aliphatic hydroxyl groups excluding tert-OH is 2. The van der Waals surface area contributed by atoms with Crippen molar-refractivity contribution >= 4 is 11.9 Å². The minimum absolute atomic E-state index is 0.0144. The molecule has 1 amide bonds. The highest BCUT2D eigenvalue weighted by Crippen LogP contribution is 2.19. The zero-order chi connectivity index (χ0) is 57.8. The third-order valence-corrected chi connectivity index (χ3v) is 17.2. The smallest absolute Gasteiger partial charge is 0.305 e. The van der Waals surface area contributed by atoms with E-state index in [1.54, 1.807) is 6.08 Å². The lowest BCUT2D eigenvalue weighted by atomic mass is 10.0. The lowest BCUT2D eigenvalue weighted by molar-refractivity contribution is -0.143. The molecule has 0 heterocycles. The van der Waals surface area contributed by atoms with Crippen LogP contribution in [-0.4, -0.2) is 47.4 Å². The van der Waals surface area contributed by atoms with Crippen LogP contribution in [0.2, 0.25) is 0 Å². The largest absolute Gasteiger partial charge is 0.466 e. The van der Waals surface area contributed by atoms with Crippen molar-refractivity contribution in [2.75, 3.05) is 13.2 Å². The van der Waals surface area contributed by atoms with Gasteiger partial charge in [-0.15, -0.1) is 0 Å². The fraction of sp³-hybridized carbons (Fsp3) is 0.919. The fourth-order valence-electron chi connectivity index (χ4n) is 11.6. The molecule has 80 heavy (non-hydrogen) atoms. The number of amides is 1. The summed E-state index contributed by atoms with van der Waals surface area (Å²) in [6, 6.07) is -0.623. The third-order valence-electron chi connectivity index (χ3n) is 17.2. The number of esters is 1. The van der Waals surface area contributed by atoms with E-state index in [-0.39, 0.29) is 18.5 Å². The second-order valence-electron chi connectivity index (χ2n) is 25.3. The number of hydrogen-bond acceptors (Lipinski definition) is 5. The summed E-state index contributed by atoms with van der Waals surface area (Å²) in [5.74, 6) is -0.0460. The molecule has 2 unspecified atom stereocenters. The van der Waals surface area contributed by atoms with Gasteiger partial charge in [-0.25, -0.2) is 0 Å². The Bertz CT molecular complexity index is 1250. The van der Waals surface area contributed by atoms with Crippen LogP contribution < -0.4 is 5.32 Å². The summed E-state index contributed by atoms with van der Waals surface area (Å²) in [6.45, 7) is 4.92. The summed E-state index contributed by atoms with van der Waals surface area (Å²) in [5.41, 5.74) is 0. The molecule has 0 bridgehead atoms. The summed E-state index contributed by atoms with van der Waals surface area (Å²) < 4.78 is 5.49. The van der Waals surface area contributed by atoms with Crippen LogP contribution in [-0.2, 0) is 14.3 Å². The van der Waals surface area contributed by atoms with Gasteiger partial charge in [0.25, 0.3) is 0 Å². The summed E-state index contributed by atoms with van der Waals surface area (Å²) in [5, 5.41) is 23.2. The molecule has 6 heteroatoms. The molecule has 2 atom stereocenters. The van der Waals surface area contributed by atoms with Gasteiger partial charge in [-0.05, 0) is 57.8 Å². The first-order chi connectivity index (χ1) is 39.5. The zero-order valence-electron chi connectivity index (χ0n) is 54.3. The first-order valence-corrected chi connectivity index (χ1v) is 36.6. The molecule has 0 aliphatic heterocycles. The average Bonchev–Trinajstić information content (AvgIpc) is 3.46. The van der Waals surface area contributed by atoms with E-state index in [9.17, 15) is 19.8 Å². The Morgan fingerprint density at radius 2 is 0.588 bits per heavy atom. The summed E-state index contributed by atoms with van der Waals surface area (Å²) in [7, 11) is 0. The lowest BCUT2D eigenvalue weighted by Crippen LogP contribution is -2.45. The van der Waals surface area contributed by atoms with Crippen molar-refractivity contribution in [2.45, 2.75) is 424 Å². The van der Waals surface area contributed by atoms with Gasteiger partial charge in [-0.2, -0.15) is 0 Å². The van der Waals surface area contributed by atoms with Gasteiger partial charge in [0.15, 0.2) is 0 Å². The van der Waals surface area contributed by atoms with Crippen LogP contribution in [0, 0.1) is 0 Å². The van der Waals surface area contributed by atoms with Crippen molar-refractivity contribution < 1.29 is 24.5 Å². The molecule has 0 saturated heterocycles. The molecule has 3 N–H and O–H groups in total. The van der Waals surface area contributed by atoms with Gasteiger partial charge >= 0.3 is 5.97 Å². The van der Waals surface area contributed by atoms with Crippen molar-refractivity contribution in [3.05, 3.63) is 24.3 Å². The zero-order valence-corrected chi connectivity index (χ0v) is 54.3. The standard InChI is InChI=1S/C74H143NO5/c1-3-5-7-9-11-13-15-17-42-46-50-54-58-62-66-72(77)71(70-76)75-73(78)67-63-59-55-51-47-43-40-38-36-34-32-30-28-26-24-22-20-19-21-23-25-27-29-31-33-35-37-39-41-45-49-53-57-61-65-69-80-74(79)68-64-60-56-52-48-44-18-16-14-12-10-8-6-4-2/h16,18,62,66,71-72,76-77H,3-15,17,19-61,63-65,67-70H2,1-2H3,(H,75,78)/b18-16-,66-62+. The number of allylic oxidation sites excluding steroid dienone is 3. The van der Waals surface area contributed by atoms with E-state index in [2.05, 4.69) is 31.3 Å². The van der Waals surface area contributed by atoms with E-state index in [0.29, 0.717) is 19.4 Å². The molecule has 0 radical (unpaired) electrons. The average molecular weight is 1130 g/mol. The highest BCUT2D eigenvalue weighted by molar-refractivity contribution is 5.76. The Balaban J connectivity index is 3.31. The van der Waals surface area contributed by atoms with Gasteiger partial charge in [0.2, 0.25) is 5.91 Å². The van der Waals surface area contributed by atoms with Crippen LogP contribution in [0.15, 0.2) is 24.3 Å². The maximum Gasteiger partial charge on any atom is 0.305 e. The number of nitrogens with one attached hydrogen (secondary N) is 1. The van der Waals surface area contributed by atoms with Crippen molar-refractivity contribution in [2.24, 2.45) is 0 Å². The van der Waals surface area contributed by atoms with Gasteiger partial charge in [0.1, 0.15) is 0 Å². The maximum absolute atomic E-state index is 12.5. The Morgan fingerprint density at radius 1 is 0.338 bits per heavy atom. The molecule has 0 aromatic rings. The van der Waals surface area contributed by atoms with E-state index >= 15 is 0 Å². The summed E-state index contributed by atoms with van der Waals surface area (Å²) in [6.07, 6.45) is 88.6. The second kappa shape index (κ2) is 69.8. The van der Waals surface area contributed by atoms with Crippen LogP contribution >= 0.6 is 0 Å². The molecule has 0 aromatic carbocycles. The SMILES string of the molecule is CCCCCCC/C=C\CCCCCCCC(=O)OCCCCCCCCCCCCCCCCCCCCCCCCCCCCCCCCCCCCCC(=O)NC(CO)C(O)/C=C/CCCCCCCCCCCCCC. The third kappa shape index (κ3) is 65.5. The molecular formula is C74H143NO5.